The van der Waals surface area contributed by atoms with Crippen LogP contribution in [0, 0.1) is 0 Å². The molecule has 0 saturated heterocycles. The molecule has 0 bridgehead atoms. The van der Waals surface area contributed by atoms with Gasteiger partial charge in [-0.15, -0.1) is 0 Å². The Balaban J connectivity index is 0. The monoisotopic (exact) mass is 312 g/mol. The van der Waals surface area contributed by atoms with Gasteiger partial charge in [0.2, 0.25) is 0 Å². The Kier molecular flexibility index (Phi) is 170. The minimum atomic E-state index is 0. The molecule has 0 rings (SSSR count). The molecule has 0 aromatic rings. The molecule has 0 fully saturated rings. The van der Waals surface area contributed by atoms with Gasteiger partial charge in [-0.05, 0) is 0 Å². The van der Waals surface area contributed by atoms with E-state index in [4.69, 9.17) is 0 Å². The maximum atomic E-state index is 0. The van der Waals surface area contributed by atoms with Crippen molar-refractivity contribution in [3.63, 3.8) is 0 Å². The van der Waals surface area contributed by atoms with Crippen LogP contribution < -0.4 is 0 Å². The molecule has 0 aliphatic heterocycles. The first-order chi connectivity index (χ1) is 0. The molecule has 1 atom stereocenters. The van der Waals surface area contributed by atoms with Crippen LogP contribution >= 0.6 is 0 Å². The van der Waals surface area contributed by atoms with Gasteiger partial charge in [-0.3, -0.25) is 0 Å². The van der Waals surface area contributed by atoms with Crippen LogP contribution in [0.25, 0.3) is 0 Å². The quantitative estimate of drug-likeness (QED) is 0.441. The third-order valence-corrected chi connectivity index (χ3v) is 0. The van der Waals surface area contributed by atoms with Crippen molar-refractivity contribution < 1.29 is 0 Å². The van der Waals surface area contributed by atoms with Gasteiger partial charge in [-0.25, -0.2) is 0 Å². The summed E-state index contributed by atoms with van der Waals surface area (Å²) in [6, 6.07) is 0. The van der Waals surface area contributed by atoms with E-state index >= 15 is 0 Å². The molecular formula is H3AsGeSe2. The Labute approximate surface area is 69.1 Å². The van der Waals surface area contributed by atoms with Gasteiger partial charge in [-0.1, -0.05) is 0 Å². The predicted molar refractivity (Wildman–Crippen MR) is 27.2 cm³/mol. The van der Waals surface area contributed by atoms with Gasteiger partial charge >= 0.3 is 35.6 Å². The third kappa shape index (κ3) is 8.91. The van der Waals surface area contributed by atoms with Gasteiger partial charge in [0.15, 0.2) is 0 Å². The second-order valence-corrected chi connectivity index (χ2v) is 0. The van der Waals surface area contributed by atoms with Crippen molar-refractivity contribution in [1.29, 1.82) is 0 Å². The van der Waals surface area contributed by atoms with Crippen LogP contribution in [-0.2, 0) is 0 Å². The summed E-state index contributed by atoms with van der Waals surface area (Å²) in [6.07, 6.45) is 0. The Morgan fingerprint density at radius 1 is 0.750 bits per heavy atom. The van der Waals surface area contributed by atoms with E-state index in [2.05, 4.69) is 0 Å². The molecule has 0 heterocycles. The molecule has 0 amide bonds. The van der Waals surface area contributed by atoms with Crippen LogP contribution in [0.15, 0.2) is 0 Å². The van der Waals surface area contributed by atoms with Gasteiger partial charge in [0.25, 0.3) is 0 Å². The summed E-state index contributed by atoms with van der Waals surface area (Å²) < 4.78 is 0. The Hall–Kier alpha value is 2.14. The average molecular weight is 308 g/mol. The largest absolute Gasteiger partial charge is 4.00 e. The molecule has 0 spiro atoms. The Bertz CT molecular complexity index is 6.00. The van der Waals surface area contributed by atoms with Crippen molar-refractivity contribution in [3.05, 3.63) is 0 Å². The summed E-state index contributed by atoms with van der Waals surface area (Å²) >= 11 is 0. The van der Waals surface area contributed by atoms with Crippen LogP contribution in [0.5, 0.6) is 0 Å². The summed E-state index contributed by atoms with van der Waals surface area (Å²) in [6.45, 7) is 0. The summed E-state index contributed by atoms with van der Waals surface area (Å²) in [5, 5.41) is 0. The number of rotatable bonds is 0. The molecule has 1 unspecified atom stereocenters. The molecule has 0 aliphatic carbocycles. The first-order valence-electron chi connectivity index (χ1n) is 0. The van der Waals surface area contributed by atoms with Crippen molar-refractivity contribution in [2.45, 2.75) is 0 Å². The van der Waals surface area contributed by atoms with Crippen LogP contribution in [-0.4, -0.2) is 69.7 Å². The molecule has 0 saturated carbocycles. The SMILES string of the molecule is [AsH3].[Ge+4].[Se-2].[Se-2]. The summed E-state index contributed by atoms with van der Waals surface area (Å²) in [5.74, 6) is 0. The fourth-order valence-electron chi connectivity index (χ4n) is 0. The van der Waals surface area contributed by atoms with E-state index in [1.54, 1.807) is 0 Å². The molecule has 4 heavy (non-hydrogen) atoms. The molecule has 24 valence electrons. The molecule has 0 aromatic heterocycles. The molecule has 0 aliphatic rings. The van der Waals surface area contributed by atoms with E-state index in [0.29, 0.717) is 0 Å². The zero-order valence-corrected chi connectivity index (χ0v) is 10.5. The Morgan fingerprint density at radius 3 is 0.750 bits per heavy atom. The van der Waals surface area contributed by atoms with E-state index in [1.807, 2.05) is 0 Å². The standard InChI is InChI=1S/AsH3.Ge.2Se/h1H3;;;/q;+4;2*-2. The van der Waals surface area contributed by atoms with Gasteiger partial charge < -0.3 is 34.1 Å². The number of hydrogen-bond donors (Lipinski definition) is 0. The molecule has 0 radical (unpaired) electrons. The van der Waals surface area contributed by atoms with E-state index in [1.165, 1.54) is 0 Å². The van der Waals surface area contributed by atoms with Crippen LogP contribution in [0.1, 0.15) is 0 Å². The molecule has 0 aromatic carbocycles. The smallest absolute Gasteiger partial charge is 2.00 e. The summed E-state index contributed by atoms with van der Waals surface area (Å²) in [7, 11) is 0. The van der Waals surface area contributed by atoms with Gasteiger partial charge in [-0.2, -0.15) is 0 Å². The molecule has 0 N–H and O–H groups in total. The second kappa shape index (κ2) is 19.2. The average Bonchev–Trinajstić information content (AvgIpc) is 0. The van der Waals surface area contributed by atoms with E-state index in [9.17, 15) is 0 Å². The van der Waals surface area contributed by atoms with Crippen molar-refractivity contribution in [2.75, 3.05) is 0 Å². The van der Waals surface area contributed by atoms with E-state index in [0.717, 1.165) is 0 Å². The fourth-order valence-corrected chi connectivity index (χ4v) is 0. The van der Waals surface area contributed by atoms with Crippen LogP contribution in [0.3, 0.4) is 0 Å². The summed E-state index contributed by atoms with van der Waals surface area (Å²) in [4.78, 5) is 0. The molecule has 0 nitrogen and oxygen atoms in total. The first-order valence-corrected chi connectivity index (χ1v) is 0. The minimum Gasteiger partial charge on any atom is -2.00 e. The summed E-state index contributed by atoms with van der Waals surface area (Å²) in [5.41, 5.74) is 0. The predicted octanol–water partition coefficient (Wildman–Crippen LogP) is -2.33. The van der Waals surface area contributed by atoms with Gasteiger partial charge in [0.05, 0.1) is 0 Å². The fraction of sp³-hybridized carbons (Fsp3) is 0. The maximum Gasteiger partial charge on any atom is 4.00 e. The topological polar surface area (TPSA) is 0 Å². The van der Waals surface area contributed by atoms with Crippen molar-refractivity contribution in [1.82, 2.24) is 0 Å². The molecule has 4 heteroatoms. The number of hydrogen-bond acceptors (Lipinski definition) is 0. The second-order valence-electron chi connectivity index (χ2n) is 0. The zero-order valence-electron chi connectivity index (χ0n) is 2.02. The van der Waals surface area contributed by atoms with E-state index in [-0.39, 0.29) is 69.7 Å². The zero-order chi connectivity index (χ0) is 0. The van der Waals surface area contributed by atoms with Crippen molar-refractivity contribution >= 4 is 69.7 Å². The van der Waals surface area contributed by atoms with Crippen LogP contribution in [0.4, 0.5) is 0 Å². The Morgan fingerprint density at radius 2 is 0.750 bits per heavy atom. The van der Waals surface area contributed by atoms with Crippen molar-refractivity contribution in [2.24, 2.45) is 0 Å². The van der Waals surface area contributed by atoms with Crippen LogP contribution in [0.2, 0.25) is 0 Å². The van der Waals surface area contributed by atoms with Crippen molar-refractivity contribution in [3.8, 4) is 0 Å². The minimum absolute atomic E-state index is 0. The maximum absolute atomic E-state index is 0. The third-order valence-electron chi connectivity index (χ3n) is 0. The normalized spacial score (nSPS) is 0. The van der Waals surface area contributed by atoms with E-state index < -0.39 is 0 Å². The van der Waals surface area contributed by atoms with Gasteiger partial charge in [0, 0.05) is 0 Å². The van der Waals surface area contributed by atoms with Gasteiger partial charge in [0.1, 0.15) is 0 Å². The first kappa shape index (κ1) is 35.4. The molecular weight excluding hydrogens is 305 g/mol.